The van der Waals surface area contributed by atoms with E-state index in [-0.39, 0.29) is 13.2 Å². The van der Waals surface area contributed by atoms with E-state index >= 15 is 0 Å². The molecule has 2 aromatic carbocycles. The largest absolute Gasteiger partial charge is 0.480 e. The average molecular weight is 463 g/mol. The molecule has 1 saturated carbocycles. The molecule has 1 aliphatic carbocycles. The van der Waals surface area contributed by atoms with Gasteiger partial charge in [-0.25, -0.2) is 4.79 Å². The number of carboxylic acids is 1. The Morgan fingerprint density at radius 1 is 1.00 bits per heavy atom. The van der Waals surface area contributed by atoms with E-state index in [4.69, 9.17) is 14.9 Å². The molecule has 0 saturated heterocycles. The molecule has 0 spiro atoms. The summed E-state index contributed by atoms with van der Waals surface area (Å²) in [5, 5.41) is 23.8. The third kappa shape index (κ3) is 5.93. The van der Waals surface area contributed by atoms with Crippen LogP contribution in [0.1, 0.15) is 36.9 Å². The van der Waals surface area contributed by atoms with E-state index in [1.165, 1.54) is 5.56 Å². The Morgan fingerprint density at radius 3 is 2.32 bits per heavy atom. The monoisotopic (exact) mass is 462 g/mol. The zero-order valence-corrected chi connectivity index (χ0v) is 19.8. The maximum Gasteiger partial charge on any atom is 0.329 e. The van der Waals surface area contributed by atoms with Crippen molar-refractivity contribution in [3.63, 3.8) is 0 Å². The molecule has 3 aromatic rings. The van der Waals surface area contributed by atoms with Crippen LogP contribution in [-0.2, 0) is 22.5 Å². The second-order valence-corrected chi connectivity index (χ2v) is 9.35. The molecule has 6 nitrogen and oxygen atoms in total. The van der Waals surface area contributed by atoms with Crippen molar-refractivity contribution in [3.8, 4) is 22.4 Å². The van der Waals surface area contributed by atoms with Gasteiger partial charge < -0.3 is 14.9 Å². The highest BCUT2D eigenvalue weighted by Crippen LogP contribution is 2.37. The van der Waals surface area contributed by atoms with Crippen LogP contribution >= 0.6 is 0 Å². The Bertz CT molecular complexity index is 1070. The quantitative estimate of drug-likeness (QED) is 0.444. The summed E-state index contributed by atoms with van der Waals surface area (Å²) in [4.78, 5) is 10.7. The molecule has 34 heavy (non-hydrogen) atoms. The molecule has 1 aromatic heterocycles. The van der Waals surface area contributed by atoms with Gasteiger partial charge in [-0.2, -0.15) is 5.10 Å². The van der Waals surface area contributed by atoms with Crippen molar-refractivity contribution in [2.24, 2.45) is 11.8 Å². The smallest absolute Gasteiger partial charge is 0.329 e. The van der Waals surface area contributed by atoms with Gasteiger partial charge in [0.1, 0.15) is 12.3 Å². The van der Waals surface area contributed by atoms with Gasteiger partial charge in [-0.05, 0) is 50.0 Å². The van der Waals surface area contributed by atoms with Gasteiger partial charge in [-0.15, -0.1) is 0 Å². The van der Waals surface area contributed by atoms with Crippen molar-refractivity contribution < 1.29 is 19.7 Å². The molecule has 6 heteroatoms. The molecule has 1 heterocycles. The molecule has 0 radical (unpaired) electrons. The first kappa shape index (κ1) is 24.2. The van der Waals surface area contributed by atoms with Crippen LogP contribution in [0.2, 0.25) is 0 Å². The Labute approximate surface area is 201 Å². The second kappa shape index (κ2) is 11.4. The van der Waals surface area contributed by atoms with Gasteiger partial charge in [0.2, 0.25) is 0 Å². The van der Waals surface area contributed by atoms with E-state index in [9.17, 15) is 9.90 Å². The molecule has 4 rings (SSSR count). The van der Waals surface area contributed by atoms with E-state index in [1.807, 2.05) is 18.2 Å². The molecule has 180 valence electrons. The molecule has 0 aliphatic heterocycles. The van der Waals surface area contributed by atoms with Crippen LogP contribution in [0.15, 0.2) is 54.6 Å². The standard InChI is InChI=1S/C28H34N2O4/c1-20-7-13-24(14-8-20)28-27(23-5-3-2-4-6-23)25(15-16-31)30(29-28)17-21-9-11-22(12-10-21)18-34-19-26(32)33/h2-8,13-14,21-22,31H,9-12,15-19H2,1H3,(H,32,33)/t21-,22+. The van der Waals surface area contributed by atoms with Gasteiger partial charge in [-0.3, -0.25) is 4.68 Å². The van der Waals surface area contributed by atoms with Gasteiger partial charge in [-0.1, -0.05) is 60.2 Å². The highest BCUT2D eigenvalue weighted by Gasteiger charge is 2.25. The summed E-state index contributed by atoms with van der Waals surface area (Å²) in [7, 11) is 0. The predicted octanol–water partition coefficient (Wildman–Crippen LogP) is 4.97. The van der Waals surface area contributed by atoms with Crippen LogP contribution in [0.4, 0.5) is 0 Å². The Balaban J connectivity index is 1.58. The summed E-state index contributed by atoms with van der Waals surface area (Å²) in [6, 6.07) is 18.8. The lowest BCUT2D eigenvalue weighted by atomic mass is 9.82. The zero-order chi connectivity index (χ0) is 23.9. The highest BCUT2D eigenvalue weighted by atomic mass is 16.5. The summed E-state index contributed by atoms with van der Waals surface area (Å²) in [6.07, 6.45) is 4.77. The maximum absolute atomic E-state index is 10.7. The van der Waals surface area contributed by atoms with E-state index in [0.29, 0.717) is 24.9 Å². The lowest BCUT2D eigenvalue weighted by Gasteiger charge is -2.28. The number of aliphatic carboxylic acids is 1. The van der Waals surface area contributed by atoms with E-state index in [2.05, 4.69) is 48.0 Å². The molecular weight excluding hydrogens is 428 g/mol. The fraction of sp³-hybridized carbons (Fsp3) is 0.429. The fourth-order valence-corrected chi connectivity index (χ4v) is 4.97. The van der Waals surface area contributed by atoms with Gasteiger partial charge in [0.25, 0.3) is 0 Å². The van der Waals surface area contributed by atoms with Crippen LogP contribution in [0.3, 0.4) is 0 Å². The normalized spacial score (nSPS) is 18.2. The summed E-state index contributed by atoms with van der Waals surface area (Å²) in [6.45, 7) is 3.28. The van der Waals surface area contributed by atoms with Crippen molar-refractivity contribution in [1.82, 2.24) is 9.78 Å². The number of aliphatic hydroxyl groups is 1. The fourth-order valence-electron chi connectivity index (χ4n) is 4.97. The van der Waals surface area contributed by atoms with Gasteiger partial charge in [0.05, 0.1) is 6.61 Å². The summed E-state index contributed by atoms with van der Waals surface area (Å²) >= 11 is 0. The number of rotatable bonds is 10. The van der Waals surface area contributed by atoms with Crippen molar-refractivity contribution in [3.05, 3.63) is 65.9 Å². The molecule has 0 bridgehead atoms. The first-order valence-corrected chi connectivity index (χ1v) is 12.2. The van der Waals surface area contributed by atoms with Gasteiger partial charge in [0.15, 0.2) is 0 Å². The minimum absolute atomic E-state index is 0.0759. The minimum atomic E-state index is -0.914. The molecule has 0 amide bonds. The van der Waals surface area contributed by atoms with Crippen LogP contribution in [0.25, 0.3) is 22.4 Å². The third-order valence-corrected chi connectivity index (χ3v) is 6.77. The van der Waals surface area contributed by atoms with Crippen molar-refractivity contribution >= 4 is 5.97 Å². The average Bonchev–Trinajstić information content (AvgIpc) is 3.19. The molecule has 0 atom stereocenters. The Kier molecular flexibility index (Phi) is 8.14. The lowest BCUT2D eigenvalue weighted by Crippen LogP contribution is -2.24. The maximum atomic E-state index is 10.7. The zero-order valence-electron chi connectivity index (χ0n) is 19.8. The van der Waals surface area contributed by atoms with Crippen molar-refractivity contribution in [1.29, 1.82) is 0 Å². The van der Waals surface area contributed by atoms with E-state index in [0.717, 1.165) is 60.3 Å². The number of ether oxygens (including phenoxy) is 1. The van der Waals surface area contributed by atoms with Crippen molar-refractivity contribution in [2.75, 3.05) is 19.8 Å². The van der Waals surface area contributed by atoms with Crippen LogP contribution in [0, 0.1) is 18.8 Å². The minimum Gasteiger partial charge on any atom is -0.480 e. The predicted molar refractivity (Wildman–Crippen MR) is 133 cm³/mol. The van der Waals surface area contributed by atoms with E-state index in [1.54, 1.807) is 0 Å². The summed E-state index contributed by atoms with van der Waals surface area (Å²) < 4.78 is 7.44. The first-order valence-electron chi connectivity index (χ1n) is 12.2. The van der Waals surface area contributed by atoms with Crippen molar-refractivity contribution in [2.45, 2.75) is 45.6 Å². The van der Waals surface area contributed by atoms with Crippen LogP contribution < -0.4 is 0 Å². The number of aliphatic hydroxyl groups excluding tert-OH is 1. The number of hydrogen-bond acceptors (Lipinski definition) is 4. The molecule has 1 fully saturated rings. The molecule has 1 aliphatic rings. The van der Waals surface area contributed by atoms with Gasteiger partial charge in [0, 0.05) is 36.4 Å². The number of benzene rings is 2. The summed E-state index contributed by atoms with van der Waals surface area (Å²) in [5.41, 5.74) is 6.56. The number of hydrogen-bond donors (Lipinski definition) is 2. The Hall–Kier alpha value is -2.96. The number of carbonyl (C=O) groups is 1. The number of aryl methyl sites for hydroxylation is 1. The van der Waals surface area contributed by atoms with E-state index < -0.39 is 5.97 Å². The molecule has 0 unspecified atom stereocenters. The summed E-state index contributed by atoms with van der Waals surface area (Å²) in [5.74, 6) is 0.0121. The topological polar surface area (TPSA) is 84.6 Å². The Morgan fingerprint density at radius 2 is 1.68 bits per heavy atom. The lowest BCUT2D eigenvalue weighted by molar-refractivity contribution is -0.142. The third-order valence-electron chi connectivity index (χ3n) is 6.77. The van der Waals surface area contributed by atoms with Crippen LogP contribution in [0.5, 0.6) is 0 Å². The number of nitrogens with zero attached hydrogens (tertiary/aromatic N) is 2. The first-order chi connectivity index (χ1) is 16.5. The second-order valence-electron chi connectivity index (χ2n) is 9.35. The number of carboxylic acid groups (broad SMARTS) is 1. The number of aromatic nitrogens is 2. The SMILES string of the molecule is Cc1ccc(-c2nn(C[C@H]3CC[C@@H](COCC(=O)O)CC3)c(CCO)c2-c2ccccc2)cc1. The highest BCUT2D eigenvalue weighted by molar-refractivity contribution is 5.83. The molecular formula is C28H34N2O4. The van der Waals surface area contributed by atoms with Crippen LogP contribution in [-0.4, -0.2) is 45.8 Å². The molecule has 2 N–H and O–H groups in total. The van der Waals surface area contributed by atoms with Gasteiger partial charge >= 0.3 is 5.97 Å².